The van der Waals surface area contributed by atoms with Gasteiger partial charge in [0, 0.05) is 18.5 Å². The van der Waals surface area contributed by atoms with Crippen molar-refractivity contribution in [3.8, 4) is 0 Å². The van der Waals surface area contributed by atoms with Crippen LogP contribution in [-0.2, 0) is 14.4 Å². The Morgan fingerprint density at radius 3 is 2.20 bits per heavy atom. The Hall–Kier alpha value is -3.41. The first kappa shape index (κ1) is 21.3. The Bertz CT molecular complexity index is 976. The molecule has 2 N–H and O–H groups in total. The highest BCUT2D eigenvalue weighted by Crippen LogP contribution is 2.39. The van der Waals surface area contributed by atoms with Crippen molar-refractivity contribution < 1.29 is 24.6 Å². The Balaban J connectivity index is 2.08. The first-order chi connectivity index (χ1) is 14.3. The summed E-state index contributed by atoms with van der Waals surface area (Å²) in [6, 6.07) is 15.5. The number of aliphatic hydroxyl groups excluding tert-OH is 1. The predicted octanol–water partition coefficient (Wildman–Crippen LogP) is 4.10. The summed E-state index contributed by atoms with van der Waals surface area (Å²) in [6.07, 6.45) is 0.106. The lowest BCUT2D eigenvalue weighted by molar-refractivity contribution is -0.140. The number of carboxylic acids is 1. The molecule has 0 unspecified atom stereocenters. The summed E-state index contributed by atoms with van der Waals surface area (Å²) in [6.45, 7) is 4.25. The van der Waals surface area contributed by atoms with Gasteiger partial charge in [0.05, 0.1) is 11.6 Å². The third-order valence-corrected chi connectivity index (χ3v) is 5.30. The van der Waals surface area contributed by atoms with Gasteiger partial charge in [0.2, 0.25) is 0 Å². The molecular formula is C24H25NO5. The standard InChI is InChI=1S/C24H25NO5/c1-15(2)16-10-12-17(13-11-16)21-20(22(28)18-7-4-3-5-8-18)23(29)24(30)25(21)14-6-9-19(26)27/h3-5,7-8,10-13,15,21,28H,6,9,14H2,1-2H3,(H,26,27)/b22-20+/t21-/m0/s1. The maximum Gasteiger partial charge on any atom is 0.303 e. The highest BCUT2D eigenvalue weighted by atomic mass is 16.4. The van der Waals surface area contributed by atoms with Gasteiger partial charge in [-0.15, -0.1) is 0 Å². The monoisotopic (exact) mass is 407 g/mol. The average molecular weight is 407 g/mol. The number of rotatable bonds is 7. The first-order valence-corrected chi connectivity index (χ1v) is 9.96. The molecule has 2 aromatic carbocycles. The molecule has 2 aromatic rings. The summed E-state index contributed by atoms with van der Waals surface area (Å²) in [7, 11) is 0. The average Bonchev–Trinajstić information content (AvgIpc) is 2.98. The highest BCUT2D eigenvalue weighted by Gasteiger charge is 2.45. The second-order valence-electron chi connectivity index (χ2n) is 7.68. The number of carbonyl (C=O) groups excluding carboxylic acids is 2. The van der Waals surface area contributed by atoms with E-state index in [-0.39, 0.29) is 30.7 Å². The molecule has 1 atom stereocenters. The van der Waals surface area contributed by atoms with Gasteiger partial charge in [-0.2, -0.15) is 0 Å². The zero-order valence-corrected chi connectivity index (χ0v) is 17.0. The third kappa shape index (κ3) is 4.27. The fourth-order valence-corrected chi connectivity index (χ4v) is 3.67. The van der Waals surface area contributed by atoms with Gasteiger partial charge < -0.3 is 15.1 Å². The zero-order chi connectivity index (χ0) is 21.8. The van der Waals surface area contributed by atoms with Crippen molar-refractivity contribution >= 4 is 23.4 Å². The van der Waals surface area contributed by atoms with Crippen LogP contribution in [0.15, 0.2) is 60.2 Å². The Kier molecular flexibility index (Phi) is 6.35. The number of carboxylic acid groups (broad SMARTS) is 1. The van der Waals surface area contributed by atoms with Crippen molar-refractivity contribution in [3.05, 3.63) is 76.9 Å². The van der Waals surface area contributed by atoms with Gasteiger partial charge in [-0.05, 0) is 23.5 Å². The number of amides is 1. The quantitative estimate of drug-likeness (QED) is 0.409. The molecule has 1 saturated heterocycles. The lowest BCUT2D eigenvalue weighted by Gasteiger charge is -2.25. The molecule has 1 aliphatic rings. The van der Waals surface area contributed by atoms with Gasteiger partial charge >= 0.3 is 5.97 Å². The molecule has 6 nitrogen and oxygen atoms in total. The summed E-state index contributed by atoms with van der Waals surface area (Å²) >= 11 is 0. The molecule has 0 aliphatic carbocycles. The molecule has 1 fully saturated rings. The van der Waals surface area contributed by atoms with Gasteiger partial charge in [-0.1, -0.05) is 68.4 Å². The number of aliphatic carboxylic acids is 1. The predicted molar refractivity (Wildman–Crippen MR) is 113 cm³/mol. The van der Waals surface area contributed by atoms with E-state index < -0.39 is 23.7 Å². The molecule has 30 heavy (non-hydrogen) atoms. The molecule has 0 radical (unpaired) electrons. The van der Waals surface area contributed by atoms with Crippen LogP contribution in [0.2, 0.25) is 0 Å². The summed E-state index contributed by atoms with van der Waals surface area (Å²) in [5, 5.41) is 19.8. The number of carbonyl (C=O) groups is 3. The van der Waals surface area contributed by atoms with Crippen molar-refractivity contribution in [3.63, 3.8) is 0 Å². The van der Waals surface area contributed by atoms with Crippen LogP contribution in [0.3, 0.4) is 0 Å². The van der Waals surface area contributed by atoms with E-state index >= 15 is 0 Å². The Morgan fingerprint density at radius 2 is 1.63 bits per heavy atom. The second kappa shape index (κ2) is 8.95. The fourth-order valence-electron chi connectivity index (χ4n) is 3.67. The van der Waals surface area contributed by atoms with Crippen molar-refractivity contribution in [2.45, 2.75) is 38.6 Å². The van der Waals surface area contributed by atoms with Crippen molar-refractivity contribution in [1.82, 2.24) is 4.90 Å². The molecule has 0 spiro atoms. The zero-order valence-electron chi connectivity index (χ0n) is 17.0. The van der Waals surface area contributed by atoms with Crippen molar-refractivity contribution in [1.29, 1.82) is 0 Å². The molecule has 1 aliphatic heterocycles. The van der Waals surface area contributed by atoms with Crippen LogP contribution < -0.4 is 0 Å². The van der Waals surface area contributed by atoms with E-state index in [0.29, 0.717) is 17.0 Å². The first-order valence-electron chi connectivity index (χ1n) is 9.96. The van der Waals surface area contributed by atoms with Gasteiger partial charge in [0.15, 0.2) is 0 Å². The molecule has 0 aromatic heterocycles. The fraction of sp³-hybridized carbons (Fsp3) is 0.292. The van der Waals surface area contributed by atoms with Crippen LogP contribution in [0.5, 0.6) is 0 Å². The van der Waals surface area contributed by atoms with Gasteiger partial charge in [0.25, 0.3) is 11.7 Å². The molecule has 6 heteroatoms. The highest BCUT2D eigenvalue weighted by molar-refractivity contribution is 6.46. The Morgan fingerprint density at radius 1 is 1.00 bits per heavy atom. The number of benzene rings is 2. The summed E-state index contributed by atoms with van der Waals surface area (Å²) < 4.78 is 0. The van der Waals surface area contributed by atoms with Crippen LogP contribution in [0.25, 0.3) is 5.76 Å². The van der Waals surface area contributed by atoms with E-state index in [1.54, 1.807) is 30.3 Å². The van der Waals surface area contributed by atoms with Crippen molar-refractivity contribution in [2.75, 3.05) is 6.54 Å². The van der Waals surface area contributed by atoms with Gasteiger partial charge in [-0.3, -0.25) is 14.4 Å². The van der Waals surface area contributed by atoms with E-state index in [1.165, 1.54) is 4.90 Å². The second-order valence-corrected chi connectivity index (χ2v) is 7.68. The normalized spacial score (nSPS) is 18.2. The smallest absolute Gasteiger partial charge is 0.303 e. The minimum Gasteiger partial charge on any atom is -0.507 e. The number of ketones is 1. The number of hydrogen-bond acceptors (Lipinski definition) is 4. The summed E-state index contributed by atoms with van der Waals surface area (Å²) in [5.74, 6) is -2.35. The van der Waals surface area contributed by atoms with Crippen LogP contribution >= 0.6 is 0 Å². The minimum absolute atomic E-state index is 0.0267. The van der Waals surface area contributed by atoms with E-state index in [9.17, 15) is 19.5 Å². The molecular weight excluding hydrogens is 382 g/mol. The topological polar surface area (TPSA) is 94.9 Å². The lowest BCUT2D eigenvalue weighted by Crippen LogP contribution is -2.31. The van der Waals surface area contributed by atoms with E-state index in [2.05, 4.69) is 13.8 Å². The third-order valence-electron chi connectivity index (χ3n) is 5.30. The van der Waals surface area contributed by atoms with Crippen LogP contribution in [0, 0.1) is 0 Å². The molecule has 1 heterocycles. The summed E-state index contributed by atoms with van der Waals surface area (Å²) in [4.78, 5) is 37.9. The van der Waals surface area contributed by atoms with Gasteiger partial charge in [0.1, 0.15) is 5.76 Å². The largest absolute Gasteiger partial charge is 0.507 e. The number of aliphatic hydroxyl groups is 1. The number of hydrogen-bond donors (Lipinski definition) is 2. The van der Waals surface area contributed by atoms with E-state index in [0.717, 1.165) is 5.56 Å². The molecule has 3 rings (SSSR count). The minimum atomic E-state index is -0.964. The number of Topliss-reactive ketones (excluding diaryl/α,β-unsaturated/α-hetero) is 1. The van der Waals surface area contributed by atoms with Crippen LogP contribution in [0.1, 0.15) is 55.3 Å². The molecule has 0 saturated carbocycles. The van der Waals surface area contributed by atoms with Crippen LogP contribution in [0.4, 0.5) is 0 Å². The Labute approximate surface area is 175 Å². The van der Waals surface area contributed by atoms with Gasteiger partial charge in [-0.25, -0.2) is 0 Å². The van der Waals surface area contributed by atoms with E-state index in [4.69, 9.17) is 5.11 Å². The van der Waals surface area contributed by atoms with Crippen LogP contribution in [-0.4, -0.2) is 39.3 Å². The van der Waals surface area contributed by atoms with Crippen molar-refractivity contribution in [2.24, 2.45) is 0 Å². The number of nitrogens with zero attached hydrogens (tertiary/aromatic N) is 1. The molecule has 0 bridgehead atoms. The maximum absolute atomic E-state index is 12.9. The molecule has 156 valence electrons. The maximum atomic E-state index is 12.9. The van der Waals surface area contributed by atoms with E-state index in [1.807, 2.05) is 24.3 Å². The molecule has 1 amide bonds. The summed E-state index contributed by atoms with van der Waals surface area (Å²) in [5.41, 5.74) is 2.29. The lowest BCUT2D eigenvalue weighted by atomic mass is 9.93. The number of likely N-dealkylation sites (tertiary alicyclic amines) is 1. The SMILES string of the molecule is CC(C)c1ccc([C@H]2/C(=C(\O)c3ccccc3)C(=O)C(=O)N2CCCC(=O)O)cc1.